The van der Waals surface area contributed by atoms with Gasteiger partial charge in [-0.15, -0.1) is 0 Å². The predicted molar refractivity (Wildman–Crippen MR) is 144 cm³/mol. The van der Waals surface area contributed by atoms with Gasteiger partial charge < -0.3 is 25.1 Å². The highest BCUT2D eigenvalue weighted by Crippen LogP contribution is 2.31. The van der Waals surface area contributed by atoms with Crippen LogP contribution >= 0.6 is 0 Å². The van der Waals surface area contributed by atoms with Gasteiger partial charge in [-0.25, -0.2) is 19.3 Å². The van der Waals surface area contributed by atoms with Crippen molar-refractivity contribution in [1.82, 2.24) is 19.9 Å². The van der Waals surface area contributed by atoms with Gasteiger partial charge in [-0.2, -0.15) is 0 Å². The maximum absolute atomic E-state index is 13.6. The molecule has 1 saturated carbocycles. The fourth-order valence-electron chi connectivity index (χ4n) is 4.40. The summed E-state index contributed by atoms with van der Waals surface area (Å²) < 4.78 is 25.4. The minimum Gasteiger partial charge on any atom is -0.354 e. The van der Waals surface area contributed by atoms with Crippen LogP contribution in [0.5, 0.6) is 0 Å². The average Bonchev–Trinajstić information content (AvgIpc) is 3.71. The molecule has 9 nitrogen and oxygen atoms in total. The number of imidazole rings is 1. The van der Waals surface area contributed by atoms with E-state index >= 15 is 0 Å². The van der Waals surface area contributed by atoms with Crippen molar-refractivity contribution in [2.24, 2.45) is 11.8 Å². The third-order valence-electron chi connectivity index (χ3n) is 6.77. The number of para-hydroxylation sites is 1. The SMILES string of the molecule is O=C(Nc1ccccc1)C1COC(Cc2nc(-c3ccc(F)cc3)c(-c3ccnc(NCC4CC4)n3)[nH]2)OC1. The van der Waals surface area contributed by atoms with E-state index in [1.807, 2.05) is 36.4 Å². The Bertz CT molecular complexity index is 1420. The first kappa shape index (κ1) is 25.1. The summed E-state index contributed by atoms with van der Waals surface area (Å²) >= 11 is 0. The van der Waals surface area contributed by atoms with Crippen LogP contribution in [0.3, 0.4) is 0 Å². The molecule has 1 aliphatic carbocycles. The molecule has 6 rings (SSSR count). The normalized spacial score (nSPS) is 19.0. The van der Waals surface area contributed by atoms with Crippen molar-refractivity contribution >= 4 is 17.5 Å². The molecule has 1 saturated heterocycles. The van der Waals surface area contributed by atoms with Crippen LogP contribution < -0.4 is 10.6 Å². The number of nitrogens with zero attached hydrogens (tertiary/aromatic N) is 3. The second-order valence-electron chi connectivity index (χ2n) is 9.86. The molecule has 0 atom stereocenters. The topological polar surface area (TPSA) is 114 Å². The lowest BCUT2D eigenvalue weighted by molar-refractivity contribution is -0.199. The van der Waals surface area contributed by atoms with Crippen LogP contribution in [0.4, 0.5) is 16.0 Å². The van der Waals surface area contributed by atoms with E-state index in [0.29, 0.717) is 41.2 Å². The molecule has 39 heavy (non-hydrogen) atoms. The number of carbonyl (C=O) groups is 1. The summed E-state index contributed by atoms with van der Waals surface area (Å²) in [7, 11) is 0. The number of amides is 1. The molecular formula is C29H29FN6O3. The van der Waals surface area contributed by atoms with Crippen LogP contribution in [-0.2, 0) is 20.7 Å². The summed E-state index contributed by atoms with van der Waals surface area (Å²) in [6.45, 7) is 1.33. The number of benzene rings is 2. The summed E-state index contributed by atoms with van der Waals surface area (Å²) in [6.07, 6.45) is 3.95. The summed E-state index contributed by atoms with van der Waals surface area (Å²) in [4.78, 5) is 29.8. The van der Waals surface area contributed by atoms with E-state index in [1.165, 1.54) is 25.0 Å². The van der Waals surface area contributed by atoms with Crippen LogP contribution in [0.15, 0.2) is 66.9 Å². The number of anilines is 2. The smallest absolute Gasteiger partial charge is 0.232 e. The number of carbonyl (C=O) groups excluding carboxylic acids is 1. The molecular weight excluding hydrogens is 499 g/mol. The molecule has 2 aromatic heterocycles. The van der Waals surface area contributed by atoms with Crippen LogP contribution in [-0.4, -0.2) is 51.9 Å². The predicted octanol–water partition coefficient (Wildman–Crippen LogP) is 4.67. The van der Waals surface area contributed by atoms with E-state index in [4.69, 9.17) is 19.4 Å². The first-order valence-electron chi connectivity index (χ1n) is 13.1. The molecule has 3 N–H and O–H groups in total. The number of nitrogens with one attached hydrogen (secondary N) is 3. The second-order valence-corrected chi connectivity index (χ2v) is 9.86. The van der Waals surface area contributed by atoms with E-state index in [2.05, 4.69) is 20.6 Å². The summed E-state index contributed by atoms with van der Waals surface area (Å²) in [6, 6.07) is 17.3. The summed E-state index contributed by atoms with van der Waals surface area (Å²) in [5.74, 6) is 0.996. The number of rotatable bonds is 9. The van der Waals surface area contributed by atoms with Crippen molar-refractivity contribution in [3.63, 3.8) is 0 Å². The van der Waals surface area contributed by atoms with Gasteiger partial charge in [0.2, 0.25) is 11.9 Å². The lowest BCUT2D eigenvalue weighted by Gasteiger charge is -2.28. The van der Waals surface area contributed by atoms with Crippen molar-refractivity contribution < 1.29 is 18.7 Å². The van der Waals surface area contributed by atoms with Gasteiger partial charge in [-0.1, -0.05) is 18.2 Å². The summed E-state index contributed by atoms with van der Waals surface area (Å²) in [5.41, 5.74) is 3.50. The van der Waals surface area contributed by atoms with E-state index in [0.717, 1.165) is 17.8 Å². The Kier molecular flexibility index (Phi) is 7.29. The maximum Gasteiger partial charge on any atom is 0.232 e. The highest BCUT2D eigenvalue weighted by molar-refractivity contribution is 5.92. The Morgan fingerprint density at radius 2 is 1.77 bits per heavy atom. The number of halogens is 1. The van der Waals surface area contributed by atoms with Gasteiger partial charge in [0.25, 0.3) is 0 Å². The van der Waals surface area contributed by atoms with Crippen molar-refractivity contribution in [2.45, 2.75) is 25.6 Å². The van der Waals surface area contributed by atoms with Gasteiger partial charge in [0.05, 0.1) is 42.6 Å². The first-order chi connectivity index (χ1) is 19.1. The molecule has 1 amide bonds. The largest absolute Gasteiger partial charge is 0.354 e. The zero-order valence-corrected chi connectivity index (χ0v) is 21.3. The molecule has 0 bridgehead atoms. The van der Waals surface area contributed by atoms with Crippen molar-refractivity contribution in [3.8, 4) is 22.6 Å². The van der Waals surface area contributed by atoms with Gasteiger partial charge in [-0.05, 0) is 61.2 Å². The Morgan fingerprint density at radius 1 is 1.00 bits per heavy atom. The molecule has 0 spiro atoms. The zero-order valence-electron chi connectivity index (χ0n) is 21.3. The molecule has 2 fully saturated rings. The van der Waals surface area contributed by atoms with Crippen LogP contribution in [0, 0.1) is 17.7 Å². The maximum atomic E-state index is 13.6. The minimum absolute atomic E-state index is 0.145. The Balaban J connectivity index is 1.16. The van der Waals surface area contributed by atoms with Crippen LogP contribution in [0.25, 0.3) is 22.6 Å². The molecule has 10 heteroatoms. The number of ether oxygens (including phenoxy) is 2. The molecule has 200 valence electrons. The number of aromatic nitrogens is 4. The van der Waals surface area contributed by atoms with Crippen molar-refractivity contribution in [2.75, 3.05) is 30.4 Å². The fourth-order valence-corrected chi connectivity index (χ4v) is 4.40. The first-order valence-corrected chi connectivity index (χ1v) is 13.1. The molecule has 2 aromatic carbocycles. The second kappa shape index (κ2) is 11.3. The van der Waals surface area contributed by atoms with Gasteiger partial charge in [0, 0.05) is 24.0 Å². The lowest BCUT2D eigenvalue weighted by Crippen LogP contribution is -2.39. The van der Waals surface area contributed by atoms with Crippen molar-refractivity contribution in [1.29, 1.82) is 0 Å². The standard InChI is InChI=1S/C29H29FN6O3/c30-21-10-8-19(9-11-21)26-27(23-12-13-31-29(34-23)32-15-18-6-7-18)36-24(35-26)14-25-38-16-20(17-39-25)28(37)33-22-4-2-1-3-5-22/h1-5,8-13,18,20,25H,6-7,14-17H2,(H,33,37)(H,35,36)(H,31,32,34). The van der Waals surface area contributed by atoms with E-state index < -0.39 is 12.2 Å². The molecule has 3 heterocycles. The molecule has 2 aliphatic rings. The molecule has 0 radical (unpaired) electrons. The van der Waals surface area contributed by atoms with E-state index in [9.17, 15) is 9.18 Å². The number of aromatic amines is 1. The highest BCUT2D eigenvalue weighted by atomic mass is 19.1. The number of hydrogen-bond donors (Lipinski definition) is 3. The third-order valence-corrected chi connectivity index (χ3v) is 6.77. The van der Waals surface area contributed by atoms with E-state index in [1.54, 1.807) is 18.3 Å². The molecule has 1 aliphatic heterocycles. The minimum atomic E-state index is -0.563. The fraction of sp³-hybridized carbons (Fsp3) is 0.310. The van der Waals surface area contributed by atoms with Crippen LogP contribution in [0.1, 0.15) is 18.7 Å². The molecule has 0 unspecified atom stereocenters. The average molecular weight is 529 g/mol. The van der Waals surface area contributed by atoms with Crippen LogP contribution in [0.2, 0.25) is 0 Å². The Hall–Kier alpha value is -4.15. The zero-order chi connectivity index (χ0) is 26.6. The summed E-state index contributed by atoms with van der Waals surface area (Å²) in [5, 5.41) is 6.19. The quantitative estimate of drug-likeness (QED) is 0.289. The van der Waals surface area contributed by atoms with E-state index in [-0.39, 0.29) is 24.9 Å². The Morgan fingerprint density at radius 3 is 2.51 bits per heavy atom. The lowest BCUT2D eigenvalue weighted by atomic mass is 10.1. The van der Waals surface area contributed by atoms with Crippen molar-refractivity contribution in [3.05, 3.63) is 78.5 Å². The monoisotopic (exact) mass is 528 g/mol. The Labute approximate surface area is 225 Å². The highest BCUT2D eigenvalue weighted by Gasteiger charge is 2.29. The number of H-pyrrole nitrogens is 1. The van der Waals surface area contributed by atoms with Gasteiger partial charge >= 0.3 is 0 Å². The number of hydrogen-bond acceptors (Lipinski definition) is 7. The van der Waals surface area contributed by atoms with Gasteiger partial charge in [-0.3, -0.25) is 4.79 Å². The molecule has 4 aromatic rings. The third kappa shape index (κ3) is 6.30. The van der Waals surface area contributed by atoms with Gasteiger partial charge in [0.15, 0.2) is 6.29 Å². The van der Waals surface area contributed by atoms with Gasteiger partial charge in [0.1, 0.15) is 11.6 Å².